The summed E-state index contributed by atoms with van der Waals surface area (Å²) in [5, 5.41) is 9.60. The molecule has 0 spiro atoms. The first-order chi connectivity index (χ1) is 14.1. The predicted octanol–water partition coefficient (Wildman–Crippen LogP) is 3.97. The van der Waals surface area contributed by atoms with Crippen molar-refractivity contribution >= 4 is 28.7 Å². The minimum atomic E-state index is -0.449. The molecule has 3 aromatic rings. The Morgan fingerprint density at radius 3 is 2.69 bits per heavy atom. The summed E-state index contributed by atoms with van der Waals surface area (Å²) in [6.45, 7) is 4.11. The molecule has 0 amide bonds. The summed E-state index contributed by atoms with van der Waals surface area (Å²) in [6, 6.07) is 15.0. The van der Waals surface area contributed by atoms with Gasteiger partial charge in [-0.05, 0) is 49.8 Å². The smallest absolute Gasteiger partial charge is 0.344 e. The van der Waals surface area contributed by atoms with Crippen molar-refractivity contribution in [2.75, 3.05) is 19.8 Å². The van der Waals surface area contributed by atoms with Gasteiger partial charge in [0.25, 0.3) is 0 Å². The molecule has 1 heterocycles. The Hall–Kier alpha value is -3.79. The summed E-state index contributed by atoms with van der Waals surface area (Å²) in [6.07, 6.45) is 1.72. The fourth-order valence-electron chi connectivity index (χ4n) is 2.74. The van der Waals surface area contributed by atoms with E-state index in [4.69, 9.17) is 14.2 Å². The molecule has 7 heteroatoms. The summed E-state index contributed by atoms with van der Waals surface area (Å²) in [5.74, 6) is 0.955. The lowest BCUT2D eigenvalue weighted by atomic mass is 10.1. The number of fused-ring (bicyclic) bond motifs is 1. The van der Waals surface area contributed by atoms with Crippen LogP contribution in [0.2, 0.25) is 0 Å². The minimum Gasteiger partial charge on any atom is -0.490 e. The maximum atomic E-state index is 11.5. The van der Waals surface area contributed by atoms with Gasteiger partial charge in [-0.15, -0.1) is 0 Å². The van der Waals surface area contributed by atoms with E-state index in [1.807, 2.05) is 31.2 Å². The molecule has 0 radical (unpaired) electrons. The maximum absolute atomic E-state index is 11.5. The lowest BCUT2D eigenvalue weighted by Gasteiger charge is -2.12. The first-order valence-corrected chi connectivity index (χ1v) is 9.26. The molecule has 148 valence electrons. The molecule has 1 aromatic heterocycles. The van der Waals surface area contributed by atoms with Crippen LogP contribution in [-0.4, -0.2) is 35.8 Å². The van der Waals surface area contributed by atoms with E-state index in [0.29, 0.717) is 36.1 Å². The number of benzene rings is 2. The SMILES string of the molecule is CCOC(=O)COc1ccc(/C=C(\C#N)c2nc3ccccc3[nH]2)cc1OCC. The van der Waals surface area contributed by atoms with Crippen LogP contribution in [0.15, 0.2) is 42.5 Å². The normalized spacial score (nSPS) is 11.1. The number of hydrogen-bond donors (Lipinski definition) is 1. The second-order valence-electron chi connectivity index (χ2n) is 6.01. The average molecular weight is 391 g/mol. The summed E-state index contributed by atoms with van der Waals surface area (Å²) >= 11 is 0. The van der Waals surface area contributed by atoms with Gasteiger partial charge in [0, 0.05) is 0 Å². The standard InChI is InChI=1S/C22H21N3O4/c1-3-27-20-12-15(9-10-19(20)29-14-21(26)28-4-2)11-16(13-23)22-24-17-7-5-6-8-18(17)25-22/h5-12H,3-4,14H2,1-2H3,(H,24,25)/b16-11+. The van der Waals surface area contributed by atoms with Crippen LogP contribution in [0, 0.1) is 11.3 Å². The van der Waals surface area contributed by atoms with E-state index in [0.717, 1.165) is 16.6 Å². The van der Waals surface area contributed by atoms with Crippen LogP contribution in [0.1, 0.15) is 25.2 Å². The quantitative estimate of drug-likeness (QED) is 0.461. The molecule has 0 unspecified atom stereocenters. The number of nitrogens with zero attached hydrogens (tertiary/aromatic N) is 2. The largest absolute Gasteiger partial charge is 0.490 e. The van der Waals surface area contributed by atoms with Crippen molar-refractivity contribution in [1.29, 1.82) is 5.26 Å². The highest BCUT2D eigenvalue weighted by molar-refractivity contribution is 5.90. The molecule has 0 aliphatic carbocycles. The lowest BCUT2D eigenvalue weighted by molar-refractivity contribution is -0.145. The predicted molar refractivity (Wildman–Crippen MR) is 109 cm³/mol. The monoisotopic (exact) mass is 391 g/mol. The van der Waals surface area contributed by atoms with Gasteiger partial charge < -0.3 is 19.2 Å². The number of nitrogens with one attached hydrogen (secondary N) is 1. The number of aromatic nitrogens is 2. The molecule has 0 atom stereocenters. The number of carbonyl (C=O) groups is 1. The third-order valence-corrected chi connectivity index (χ3v) is 3.99. The molecule has 0 saturated carbocycles. The van der Waals surface area contributed by atoms with E-state index < -0.39 is 5.97 Å². The van der Waals surface area contributed by atoms with E-state index in [2.05, 4.69) is 16.0 Å². The van der Waals surface area contributed by atoms with Crippen molar-refractivity contribution in [3.63, 3.8) is 0 Å². The second-order valence-corrected chi connectivity index (χ2v) is 6.01. The van der Waals surface area contributed by atoms with Crippen LogP contribution < -0.4 is 9.47 Å². The zero-order chi connectivity index (χ0) is 20.6. The molecule has 0 aliphatic heterocycles. The van der Waals surface area contributed by atoms with Crippen molar-refractivity contribution in [1.82, 2.24) is 9.97 Å². The zero-order valence-corrected chi connectivity index (χ0v) is 16.3. The highest BCUT2D eigenvalue weighted by atomic mass is 16.6. The molecule has 1 N–H and O–H groups in total. The number of allylic oxidation sites excluding steroid dienone is 1. The summed E-state index contributed by atoms with van der Waals surface area (Å²) < 4.78 is 16.0. The fourth-order valence-corrected chi connectivity index (χ4v) is 2.74. The molecule has 0 aliphatic rings. The van der Waals surface area contributed by atoms with Crippen LogP contribution in [-0.2, 0) is 9.53 Å². The first-order valence-electron chi connectivity index (χ1n) is 9.26. The van der Waals surface area contributed by atoms with Gasteiger partial charge in [-0.3, -0.25) is 0 Å². The third-order valence-electron chi connectivity index (χ3n) is 3.99. The van der Waals surface area contributed by atoms with Crippen LogP contribution in [0.3, 0.4) is 0 Å². The molecular weight excluding hydrogens is 370 g/mol. The van der Waals surface area contributed by atoms with Crippen molar-refractivity contribution < 1.29 is 19.0 Å². The van der Waals surface area contributed by atoms with Gasteiger partial charge in [0.05, 0.1) is 29.8 Å². The van der Waals surface area contributed by atoms with Gasteiger partial charge in [0.1, 0.15) is 11.9 Å². The number of para-hydroxylation sites is 2. The Morgan fingerprint density at radius 2 is 1.97 bits per heavy atom. The Labute approximate surface area is 168 Å². The number of hydrogen-bond acceptors (Lipinski definition) is 6. The number of H-pyrrole nitrogens is 1. The van der Waals surface area contributed by atoms with Gasteiger partial charge in [0.2, 0.25) is 0 Å². The molecule has 7 nitrogen and oxygen atoms in total. The Bertz CT molecular complexity index is 1050. The number of aromatic amines is 1. The molecule has 29 heavy (non-hydrogen) atoms. The van der Waals surface area contributed by atoms with Crippen molar-refractivity contribution in [3.05, 3.63) is 53.9 Å². The van der Waals surface area contributed by atoms with Gasteiger partial charge in [-0.1, -0.05) is 18.2 Å². The maximum Gasteiger partial charge on any atom is 0.344 e. The van der Waals surface area contributed by atoms with Gasteiger partial charge in [-0.2, -0.15) is 5.26 Å². The van der Waals surface area contributed by atoms with Gasteiger partial charge in [0.15, 0.2) is 18.1 Å². The summed E-state index contributed by atoms with van der Waals surface area (Å²) in [5.41, 5.74) is 2.79. The molecular formula is C22H21N3O4. The average Bonchev–Trinajstić information content (AvgIpc) is 3.16. The van der Waals surface area contributed by atoms with Crippen LogP contribution in [0.4, 0.5) is 0 Å². The van der Waals surface area contributed by atoms with Gasteiger partial charge >= 0.3 is 5.97 Å². The van der Waals surface area contributed by atoms with E-state index in [1.54, 1.807) is 31.2 Å². The first kappa shape index (κ1) is 20.0. The third kappa shape index (κ3) is 4.93. The molecule has 0 saturated heterocycles. The molecule has 0 bridgehead atoms. The van der Waals surface area contributed by atoms with E-state index in [1.165, 1.54) is 0 Å². The number of nitriles is 1. The van der Waals surface area contributed by atoms with Crippen molar-refractivity contribution in [3.8, 4) is 17.6 Å². The Balaban J connectivity index is 1.87. The molecule has 0 fully saturated rings. The number of ether oxygens (including phenoxy) is 3. The van der Waals surface area contributed by atoms with Crippen molar-refractivity contribution in [2.24, 2.45) is 0 Å². The fraction of sp³-hybridized carbons (Fsp3) is 0.227. The highest BCUT2D eigenvalue weighted by Gasteiger charge is 2.11. The minimum absolute atomic E-state index is 0.203. The number of rotatable bonds is 8. The lowest BCUT2D eigenvalue weighted by Crippen LogP contribution is -2.15. The topological polar surface area (TPSA) is 97.2 Å². The zero-order valence-electron chi connectivity index (χ0n) is 16.3. The van der Waals surface area contributed by atoms with E-state index in [9.17, 15) is 10.1 Å². The number of imidazole rings is 1. The second kappa shape index (κ2) is 9.42. The van der Waals surface area contributed by atoms with Crippen LogP contribution in [0.5, 0.6) is 11.5 Å². The summed E-state index contributed by atoms with van der Waals surface area (Å²) in [4.78, 5) is 19.1. The number of carbonyl (C=O) groups excluding carboxylic acids is 1. The van der Waals surface area contributed by atoms with Crippen molar-refractivity contribution in [2.45, 2.75) is 13.8 Å². The van der Waals surface area contributed by atoms with Gasteiger partial charge in [-0.25, -0.2) is 9.78 Å². The Kier molecular flexibility index (Phi) is 6.48. The van der Waals surface area contributed by atoms with E-state index in [-0.39, 0.29) is 6.61 Å². The molecule has 3 rings (SSSR count). The van der Waals surface area contributed by atoms with E-state index >= 15 is 0 Å². The number of esters is 1. The van der Waals surface area contributed by atoms with Crippen LogP contribution in [0.25, 0.3) is 22.7 Å². The Morgan fingerprint density at radius 1 is 1.14 bits per heavy atom. The summed E-state index contributed by atoms with van der Waals surface area (Å²) in [7, 11) is 0. The highest BCUT2D eigenvalue weighted by Crippen LogP contribution is 2.30. The molecule has 2 aromatic carbocycles. The van der Waals surface area contributed by atoms with Crippen LogP contribution >= 0.6 is 0 Å².